The summed E-state index contributed by atoms with van der Waals surface area (Å²) in [4.78, 5) is 24.1. The first-order valence-electron chi connectivity index (χ1n) is 9.85. The van der Waals surface area contributed by atoms with Crippen molar-refractivity contribution in [1.82, 2.24) is 14.9 Å². The van der Waals surface area contributed by atoms with E-state index >= 15 is 0 Å². The Bertz CT molecular complexity index is 984. The third-order valence-corrected chi connectivity index (χ3v) is 5.16. The van der Waals surface area contributed by atoms with Crippen LogP contribution >= 0.6 is 0 Å². The fourth-order valence-electron chi connectivity index (χ4n) is 3.39. The summed E-state index contributed by atoms with van der Waals surface area (Å²) >= 11 is 0. The number of hydrogen-bond donors (Lipinski definition) is 1. The van der Waals surface area contributed by atoms with Crippen LogP contribution in [-0.4, -0.2) is 33.9 Å². The Morgan fingerprint density at radius 1 is 1.03 bits per heavy atom. The molecule has 1 aromatic heterocycles. The van der Waals surface area contributed by atoms with Gasteiger partial charge in [-0.25, -0.2) is 14.4 Å². The van der Waals surface area contributed by atoms with Gasteiger partial charge < -0.3 is 10.2 Å². The first-order valence-corrected chi connectivity index (χ1v) is 9.85. The maximum atomic E-state index is 13.2. The minimum absolute atomic E-state index is 0.0846. The molecule has 2 heterocycles. The average molecular weight is 390 g/mol. The van der Waals surface area contributed by atoms with Gasteiger partial charge in [0, 0.05) is 30.4 Å². The van der Waals surface area contributed by atoms with Gasteiger partial charge in [-0.1, -0.05) is 37.3 Å². The average Bonchev–Trinajstić information content (AvgIpc) is 2.76. The molecule has 1 fully saturated rings. The van der Waals surface area contributed by atoms with Crippen molar-refractivity contribution in [2.45, 2.75) is 19.8 Å². The van der Waals surface area contributed by atoms with Gasteiger partial charge in [0.05, 0.1) is 0 Å². The third kappa shape index (κ3) is 4.59. The van der Waals surface area contributed by atoms with Crippen molar-refractivity contribution in [1.29, 1.82) is 0 Å². The molecule has 0 unspecified atom stereocenters. The second-order valence-electron chi connectivity index (χ2n) is 7.43. The number of halogens is 1. The fraction of sp³-hybridized carbons (Fsp3) is 0.261. The molecule has 29 heavy (non-hydrogen) atoms. The van der Waals surface area contributed by atoms with Gasteiger partial charge in [0.25, 0.3) is 5.91 Å². The number of benzene rings is 2. The highest BCUT2D eigenvalue weighted by Crippen LogP contribution is 2.23. The van der Waals surface area contributed by atoms with E-state index in [2.05, 4.69) is 22.2 Å². The Kier molecular flexibility index (Phi) is 5.51. The summed E-state index contributed by atoms with van der Waals surface area (Å²) < 4.78 is 13.2. The summed E-state index contributed by atoms with van der Waals surface area (Å²) in [5, 5.41) is 3.16. The highest BCUT2D eigenvalue weighted by molar-refractivity contribution is 5.93. The lowest BCUT2D eigenvalue weighted by Crippen LogP contribution is -2.38. The zero-order valence-corrected chi connectivity index (χ0v) is 16.3. The van der Waals surface area contributed by atoms with Crippen LogP contribution in [0.4, 0.5) is 15.9 Å². The monoisotopic (exact) mass is 390 g/mol. The van der Waals surface area contributed by atoms with Crippen molar-refractivity contribution in [3.05, 3.63) is 72.2 Å². The van der Waals surface area contributed by atoms with Gasteiger partial charge in [-0.3, -0.25) is 4.79 Å². The molecule has 1 N–H and O–H groups in total. The topological polar surface area (TPSA) is 58.1 Å². The predicted molar refractivity (Wildman–Crippen MR) is 111 cm³/mol. The standard InChI is InChI=1S/C23H23FN4O/c1-16-11-13-28(14-12-16)23(29)20-15-21(25-19-9-7-18(24)8-10-19)27-22(26-20)17-5-3-2-4-6-17/h2-10,15-16H,11-14H2,1H3,(H,25,26,27). The first kappa shape index (κ1) is 19.1. The largest absolute Gasteiger partial charge is 0.340 e. The number of carbonyl (C=O) groups is 1. The fourth-order valence-corrected chi connectivity index (χ4v) is 3.39. The van der Waals surface area contributed by atoms with E-state index in [4.69, 9.17) is 0 Å². The van der Waals surface area contributed by atoms with Crippen LogP contribution in [-0.2, 0) is 0 Å². The van der Waals surface area contributed by atoms with Gasteiger partial charge in [0.15, 0.2) is 5.82 Å². The van der Waals surface area contributed by atoms with E-state index in [0.29, 0.717) is 28.9 Å². The van der Waals surface area contributed by atoms with E-state index in [9.17, 15) is 9.18 Å². The van der Waals surface area contributed by atoms with Crippen LogP contribution in [0.15, 0.2) is 60.7 Å². The predicted octanol–water partition coefficient (Wildman–Crippen LogP) is 4.90. The number of nitrogens with one attached hydrogen (secondary N) is 1. The Labute approximate surface area is 169 Å². The van der Waals surface area contributed by atoms with Crippen molar-refractivity contribution >= 4 is 17.4 Å². The van der Waals surface area contributed by atoms with E-state index in [1.807, 2.05) is 35.2 Å². The molecular weight excluding hydrogens is 367 g/mol. The number of nitrogens with zero attached hydrogens (tertiary/aromatic N) is 3. The molecule has 1 aliphatic rings. The molecule has 0 atom stereocenters. The molecule has 0 aliphatic carbocycles. The minimum Gasteiger partial charge on any atom is -0.340 e. The van der Waals surface area contributed by atoms with Crippen LogP contribution < -0.4 is 5.32 Å². The van der Waals surface area contributed by atoms with Crippen LogP contribution in [0, 0.1) is 11.7 Å². The summed E-state index contributed by atoms with van der Waals surface area (Å²) in [5.74, 6) is 1.22. The summed E-state index contributed by atoms with van der Waals surface area (Å²) in [6.07, 6.45) is 2.01. The zero-order chi connectivity index (χ0) is 20.2. The molecular formula is C23H23FN4O. The van der Waals surface area contributed by atoms with Gasteiger partial charge in [0.1, 0.15) is 17.3 Å². The molecule has 3 aromatic rings. The van der Waals surface area contributed by atoms with Gasteiger partial charge in [-0.15, -0.1) is 0 Å². The van der Waals surface area contributed by atoms with Crippen LogP contribution in [0.1, 0.15) is 30.3 Å². The van der Waals surface area contributed by atoms with Crippen LogP contribution in [0.25, 0.3) is 11.4 Å². The summed E-state index contributed by atoms with van der Waals surface area (Å²) in [5.41, 5.74) is 1.88. The Morgan fingerprint density at radius 2 is 1.72 bits per heavy atom. The molecule has 0 radical (unpaired) electrons. The van der Waals surface area contributed by atoms with Crippen molar-refractivity contribution in [2.75, 3.05) is 18.4 Å². The second kappa shape index (κ2) is 8.39. The quantitative estimate of drug-likeness (QED) is 0.688. The molecule has 4 rings (SSSR count). The highest BCUT2D eigenvalue weighted by atomic mass is 19.1. The summed E-state index contributed by atoms with van der Waals surface area (Å²) in [7, 11) is 0. The van der Waals surface area contributed by atoms with E-state index in [1.165, 1.54) is 12.1 Å². The van der Waals surface area contributed by atoms with Crippen LogP contribution in [0.2, 0.25) is 0 Å². The summed E-state index contributed by atoms with van der Waals surface area (Å²) in [6.45, 7) is 3.70. The molecule has 1 amide bonds. The molecule has 1 saturated heterocycles. The number of likely N-dealkylation sites (tertiary alicyclic amines) is 1. The number of rotatable bonds is 4. The van der Waals surface area contributed by atoms with E-state index in [1.54, 1.807) is 18.2 Å². The number of aromatic nitrogens is 2. The molecule has 148 valence electrons. The van der Waals surface area contributed by atoms with Gasteiger partial charge in [-0.05, 0) is 43.0 Å². The zero-order valence-electron chi connectivity index (χ0n) is 16.3. The number of carbonyl (C=O) groups excluding carboxylic acids is 1. The third-order valence-electron chi connectivity index (χ3n) is 5.16. The molecule has 6 heteroatoms. The molecule has 5 nitrogen and oxygen atoms in total. The van der Waals surface area contributed by atoms with Gasteiger partial charge >= 0.3 is 0 Å². The SMILES string of the molecule is CC1CCN(C(=O)c2cc(Nc3ccc(F)cc3)nc(-c3ccccc3)n2)CC1. The van der Waals surface area contributed by atoms with Crippen molar-refractivity contribution in [2.24, 2.45) is 5.92 Å². The van der Waals surface area contributed by atoms with E-state index < -0.39 is 0 Å². The highest BCUT2D eigenvalue weighted by Gasteiger charge is 2.23. The van der Waals surface area contributed by atoms with Gasteiger partial charge in [0.2, 0.25) is 0 Å². The lowest BCUT2D eigenvalue weighted by atomic mass is 9.99. The lowest BCUT2D eigenvalue weighted by molar-refractivity contribution is 0.0691. The number of piperidine rings is 1. The Morgan fingerprint density at radius 3 is 2.41 bits per heavy atom. The Balaban J connectivity index is 1.68. The maximum Gasteiger partial charge on any atom is 0.272 e. The maximum absolute atomic E-state index is 13.2. The molecule has 0 saturated carbocycles. The van der Waals surface area contributed by atoms with Crippen molar-refractivity contribution in [3.8, 4) is 11.4 Å². The molecule has 1 aliphatic heterocycles. The van der Waals surface area contributed by atoms with E-state index in [-0.39, 0.29) is 11.7 Å². The number of anilines is 2. The van der Waals surface area contributed by atoms with Gasteiger partial charge in [-0.2, -0.15) is 0 Å². The first-order chi connectivity index (χ1) is 14.1. The minimum atomic E-state index is -0.307. The van der Waals surface area contributed by atoms with Crippen LogP contribution in [0.5, 0.6) is 0 Å². The molecule has 0 spiro atoms. The molecule has 0 bridgehead atoms. The lowest BCUT2D eigenvalue weighted by Gasteiger charge is -2.30. The Hall–Kier alpha value is -3.28. The van der Waals surface area contributed by atoms with Crippen molar-refractivity contribution in [3.63, 3.8) is 0 Å². The molecule has 2 aromatic carbocycles. The second-order valence-corrected chi connectivity index (χ2v) is 7.43. The van der Waals surface area contributed by atoms with Crippen molar-refractivity contribution < 1.29 is 9.18 Å². The number of amides is 1. The van der Waals surface area contributed by atoms with Crippen LogP contribution in [0.3, 0.4) is 0 Å². The normalized spacial score (nSPS) is 14.6. The number of hydrogen-bond acceptors (Lipinski definition) is 4. The summed E-state index contributed by atoms with van der Waals surface area (Å²) in [6, 6.07) is 17.2. The van der Waals surface area contributed by atoms with E-state index in [0.717, 1.165) is 31.5 Å². The smallest absolute Gasteiger partial charge is 0.272 e.